The molecule has 0 spiro atoms. The number of nitrogens with zero attached hydrogens (tertiary/aromatic N) is 8. The zero-order valence-electron chi connectivity index (χ0n) is 73.3. The predicted molar refractivity (Wildman–Crippen MR) is 475 cm³/mol. The Bertz CT molecular complexity index is 5840. The first kappa shape index (κ1) is 99.2. The molecule has 6 aliphatic heterocycles. The van der Waals surface area contributed by atoms with Crippen molar-refractivity contribution >= 4 is 158 Å². The van der Waals surface area contributed by atoms with Gasteiger partial charge in [-0.1, -0.05) is 138 Å². The molecule has 2 aromatic heterocycles. The molecule has 6 aromatic carbocycles. The highest BCUT2D eigenvalue weighted by Crippen LogP contribution is 2.33. The third-order valence-electron chi connectivity index (χ3n) is 23.2. The van der Waals surface area contributed by atoms with Crippen molar-refractivity contribution in [1.82, 2.24) is 71.9 Å². The van der Waals surface area contributed by atoms with Gasteiger partial charge in [-0.3, -0.25) is 101 Å². The second-order valence-corrected chi connectivity index (χ2v) is 33.4. The number of aromatic nitrogens is 2. The molecule has 14 rings (SSSR count). The normalized spacial score (nSPS) is 18.9. The summed E-state index contributed by atoms with van der Waals surface area (Å²) in [6.07, 6.45) is 0.874. The lowest BCUT2D eigenvalue weighted by Gasteiger charge is -2.43. The molecule has 9 N–H and O–H groups in total. The average Bonchev–Trinajstić information content (AvgIpc) is 1.73. The second-order valence-electron chi connectivity index (χ2n) is 32.6. The number of hydrazine groups is 3. The number of fused-ring (bicyclic) bond motifs is 5. The minimum atomic E-state index is -1.64. The molecule has 6 saturated heterocycles. The number of aliphatic carboxylic acids is 3. The van der Waals surface area contributed by atoms with Gasteiger partial charge in [0.25, 0.3) is 29.5 Å². The van der Waals surface area contributed by atoms with Gasteiger partial charge < -0.3 is 65.5 Å². The highest BCUT2D eigenvalue weighted by Gasteiger charge is 2.50. The van der Waals surface area contributed by atoms with E-state index < -0.39 is 175 Å². The molecule has 0 radical (unpaired) electrons. The van der Waals surface area contributed by atoms with Crippen LogP contribution in [0.4, 0.5) is 0 Å². The van der Waals surface area contributed by atoms with Crippen molar-refractivity contribution in [3.05, 3.63) is 195 Å². The Labute approximate surface area is 780 Å². The Morgan fingerprint density at radius 1 is 0.452 bits per heavy atom. The molecule has 6 aliphatic rings. The fourth-order valence-electron chi connectivity index (χ4n) is 16.4. The number of carbonyl (C=O) groups is 19. The zero-order chi connectivity index (χ0) is 96.8. The number of para-hydroxylation sites is 2. The van der Waals surface area contributed by atoms with Crippen molar-refractivity contribution in [2.75, 3.05) is 33.4 Å². The van der Waals surface area contributed by atoms with Crippen molar-refractivity contribution in [2.24, 2.45) is 0 Å². The number of carboxylic acids is 3. The van der Waals surface area contributed by atoms with Crippen LogP contribution in [0.2, 0.25) is 10.0 Å². The SMILES string of the molecule is COc1cccc2oc(C(=O)[C@H](CC(=O)O)NC(=O)[C@@H]3CCCN4C(=O)CC[C@H](NC(=O)CCc5ccccc5)C(=O)N34)nc12.Cc1cccc2nc(C(=O)[C@H](CC(=O)O)NC(=O)[C@@H]3CCCN4C(=O)CC[C@H](NC(=O)CCc5ccccc5)C(=O)N34)oc12.O=C(O)C[C@H](NC(=O)[C@@H]1CCCN2C(=O)CC[C@H](NC(=O)CCc3ccccc3)C(=O)N12)C(=O)COC(=O)c1c(Cl)cccc1Cl. The number of aryl methyl sites for hydroxylation is 4. The van der Waals surface area contributed by atoms with Crippen LogP contribution in [0.5, 0.6) is 5.75 Å². The molecular weight excluding hydrogens is 1800 g/mol. The molecule has 9 atom stereocenters. The lowest BCUT2D eigenvalue weighted by molar-refractivity contribution is -0.176. The first-order valence-corrected chi connectivity index (χ1v) is 44.5. The largest absolute Gasteiger partial charge is 0.494 e. The van der Waals surface area contributed by atoms with Crippen LogP contribution in [-0.4, -0.2) is 255 Å². The number of esters is 1. The van der Waals surface area contributed by atoms with Crippen LogP contribution in [0.1, 0.15) is 170 Å². The van der Waals surface area contributed by atoms with Crippen molar-refractivity contribution in [3.8, 4) is 5.75 Å². The Balaban J connectivity index is 0.000000182. The van der Waals surface area contributed by atoms with E-state index in [0.29, 0.717) is 55.4 Å². The maximum absolute atomic E-state index is 13.8. The van der Waals surface area contributed by atoms with Crippen molar-refractivity contribution < 1.29 is 125 Å². The highest BCUT2D eigenvalue weighted by atomic mass is 35.5. The number of oxazole rings is 2. The lowest BCUT2D eigenvalue weighted by atomic mass is 10.0. The first-order valence-electron chi connectivity index (χ1n) is 43.7. The number of Topliss-reactive ketones (excluding diaryl/α,β-unsaturated/α-hetero) is 3. The van der Waals surface area contributed by atoms with Crippen molar-refractivity contribution in [1.29, 1.82) is 0 Å². The van der Waals surface area contributed by atoms with E-state index in [0.717, 1.165) is 42.3 Å². The summed E-state index contributed by atoms with van der Waals surface area (Å²) in [5.74, 6) is -15.1. The Morgan fingerprint density at radius 3 is 1.21 bits per heavy atom. The number of ketones is 3. The van der Waals surface area contributed by atoms with E-state index in [2.05, 4.69) is 41.9 Å². The lowest BCUT2D eigenvalue weighted by Crippen LogP contribution is -2.64. The van der Waals surface area contributed by atoms with Crippen LogP contribution in [0.15, 0.2) is 154 Å². The number of amides is 12. The summed E-state index contributed by atoms with van der Waals surface area (Å²) in [5.41, 5.74) is 4.63. The Hall–Kier alpha value is -14.8. The molecule has 0 unspecified atom stereocenters. The molecule has 8 aromatic rings. The molecule has 40 nitrogen and oxygen atoms in total. The number of nitrogens with one attached hydrogen (secondary N) is 6. The molecule has 0 saturated carbocycles. The van der Waals surface area contributed by atoms with Gasteiger partial charge in [0.2, 0.25) is 64.7 Å². The topological polar surface area (TPSA) is 547 Å². The van der Waals surface area contributed by atoms with Crippen molar-refractivity contribution in [2.45, 2.75) is 196 Å². The summed E-state index contributed by atoms with van der Waals surface area (Å²) >= 11 is 12.0. The molecule has 0 bridgehead atoms. The van der Waals surface area contributed by atoms with Crippen molar-refractivity contribution in [3.63, 3.8) is 0 Å². The Kier molecular flexibility index (Phi) is 33.8. The second kappa shape index (κ2) is 46.0. The summed E-state index contributed by atoms with van der Waals surface area (Å²) in [6.45, 7) is 1.40. The van der Waals surface area contributed by atoms with Gasteiger partial charge in [-0.15, -0.1) is 0 Å². The fraction of sp³-hybridized carbons (Fsp3) is 0.387. The molecule has 135 heavy (non-hydrogen) atoms. The van der Waals surface area contributed by atoms with E-state index in [-0.39, 0.29) is 153 Å². The van der Waals surface area contributed by atoms with Crippen LogP contribution in [0.25, 0.3) is 22.2 Å². The van der Waals surface area contributed by atoms with Crippen LogP contribution in [-0.2, 0) is 101 Å². The molecule has 12 amide bonds. The highest BCUT2D eigenvalue weighted by molar-refractivity contribution is 6.39. The number of rotatable bonds is 33. The molecule has 6 fully saturated rings. The minimum Gasteiger partial charge on any atom is -0.494 e. The van der Waals surface area contributed by atoms with Gasteiger partial charge >= 0.3 is 23.9 Å². The van der Waals surface area contributed by atoms with Gasteiger partial charge in [0.15, 0.2) is 29.1 Å². The molecule has 710 valence electrons. The van der Waals surface area contributed by atoms with Crippen LogP contribution < -0.4 is 36.6 Å². The molecule has 0 aliphatic carbocycles. The average molecular weight is 1900 g/mol. The number of halogens is 2. The number of methoxy groups -OCH3 is 1. The smallest absolute Gasteiger partial charge is 0.341 e. The maximum atomic E-state index is 13.8. The summed E-state index contributed by atoms with van der Waals surface area (Å²) in [5, 5.41) is 50.5. The quantitative estimate of drug-likeness (QED) is 0.0171. The summed E-state index contributed by atoms with van der Waals surface area (Å²) in [7, 11) is 1.42. The number of carbonyl (C=O) groups excluding carboxylic acids is 16. The summed E-state index contributed by atoms with van der Waals surface area (Å²) < 4.78 is 21.4. The van der Waals surface area contributed by atoms with E-state index in [9.17, 15) is 106 Å². The number of hydrogen-bond acceptors (Lipinski definition) is 25. The number of benzene rings is 6. The monoisotopic (exact) mass is 1900 g/mol. The van der Waals surface area contributed by atoms with E-state index in [1.54, 1.807) is 43.3 Å². The van der Waals surface area contributed by atoms with Gasteiger partial charge in [-0.25, -0.2) is 29.8 Å². The number of carboxylic acid groups (broad SMARTS) is 3. The standard InChI is InChI=1S/C31H32Cl2N4O9.C31H33N5O9.C31H33N5O8/c32-19-8-4-9-20(33)28(19)31(45)46-17-24(38)22(16-27(41)42)35-29(43)23-10-5-15-36-26(40)14-12-21(30(44)37(23)36)34-25(39)13-11-18-6-2-1-3-7-18;1-44-22-10-5-11-23-27(22)34-30(45-23)28(41)20(17-26(39)40)33-29(42)21-9-6-16-35-25(38)15-13-19(31(43)36(21)35)32-24(37)14-12-18-7-3-2-4-8-18;1-18-7-5-10-20-28(18)44-30(34-20)27(41)22(17-26(39)40)33-29(42)23-11-6-16-35-25(38)15-13-21(31(43)36(23)35)32-24(37)14-12-19-8-3-2-4-9-19/h1-4,6-9,21-23H,5,10-17H2,(H,34,39)(H,35,43)(H,41,42);2-5,7-8,10-11,19-21H,6,9,12-17H2,1H3,(H,32,37)(H,33,42)(H,39,40);2-5,7-10,21-23H,6,11-17H2,1H3,(H,32,37)(H,33,42)(H,39,40)/t21-,22-,23-;19-,20-,21-;21-,22-,23-/m000/s1. The van der Waals surface area contributed by atoms with Crippen LogP contribution >= 0.6 is 23.2 Å². The van der Waals surface area contributed by atoms with Crippen LogP contribution in [0.3, 0.4) is 0 Å². The predicted octanol–water partition coefficient (Wildman–Crippen LogP) is 5.87. The zero-order valence-corrected chi connectivity index (χ0v) is 74.8. The van der Waals surface area contributed by atoms with Gasteiger partial charge in [-0.2, -0.15) is 0 Å². The van der Waals surface area contributed by atoms with E-state index in [4.69, 9.17) is 41.5 Å². The minimum absolute atomic E-state index is 0.0164. The maximum Gasteiger partial charge on any atom is 0.341 e. The van der Waals surface area contributed by atoms with Gasteiger partial charge in [0.05, 0.1) is 42.0 Å². The van der Waals surface area contributed by atoms with Gasteiger partial charge in [0, 0.05) is 58.2 Å². The number of ether oxygens (including phenoxy) is 2. The fourth-order valence-corrected chi connectivity index (χ4v) is 17.0. The molecular formula is C93H98Cl2N14O26. The van der Waals surface area contributed by atoms with Gasteiger partial charge in [0.1, 0.15) is 65.6 Å². The first-order chi connectivity index (χ1) is 64.7. The summed E-state index contributed by atoms with van der Waals surface area (Å²) in [6, 6.07) is 30.6. The molecule has 42 heteroatoms. The van der Waals surface area contributed by atoms with E-state index >= 15 is 0 Å². The summed E-state index contributed by atoms with van der Waals surface area (Å²) in [4.78, 5) is 255. The third-order valence-corrected chi connectivity index (χ3v) is 23.8. The van der Waals surface area contributed by atoms with Gasteiger partial charge in [-0.05, 0) is 137 Å². The van der Waals surface area contributed by atoms with E-state index in [1.807, 2.05) is 91.0 Å². The Morgan fingerprint density at radius 2 is 0.822 bits per heavy atom. The molecule has 8 heterocycles. The third kappa shape index (κ3) is 25.3. The van der Waals surface area contributed by atoms with E-state index in [1.165, 1.54) is 35.3 Å². The number of hydrogen-bond donors (Lipinski definition) is 9. The van der Waals surface area contributed by atoms with Crippen LogP contribution in [0, 0.1) is 6.92 Å².